The van der Waals surface area contributed by atoms with E-state index in [-0.39, 0.29) is 45.8 Å². The molecule has 170 valence electrons. The number of benzene rings is 3. The number of carbonyl (C=O) groups is 1. The Hall–Kier alpha value is -0.320. The molecule has 0 saturated carbocycles. The molecule has 1 aliphatic carbocycles. The number of aromatic carboxylic acids is 1. The molecule has 0 unspecified atom stereocenters. The Morgan fingerprint density at radius 1 is 0.879 bits per heavy atom. The molecule has 0 fully saturated rings. The van der Waals surface area contributed by atoms with Crippen LogP contribution in [0.2, 0.25) is 20.1 Å². The van der Waals surface area contributed by atoms with Crippen LogP contribution in [-0.4, -0.2) is 5.97 Å². The maximum Gasteiger partial charge on any atom is 0.210 e. The van der Waals surface area contributed by atoms with Crippen molar-refractivity contribution in [1.29, 1.82) is 0 Å². The molecule has 2 aromatic rings. The molecule has 4 rings (SSSR count). The first-order chi connectivity index (χ1) is 15.4. The Morgan fingerprint density at radius 3 is 2.09 bits per heavy atom. The quantitative estimate of drug-likeness (QED) is 0.116. The fourth-order valence-corrected chi connectivity index (χ4v) is 6.85. The van der Waals surface area contributed by atoms with Crippen molar-refractivity contribution >= 4 is 127 Å². The van der Waals surface area contributed by atoms with E-state index in [9.17, 15) is 14.7 Å². The average Bonchev–Trinajstić information content (AvgIpc) is 2.76. The van der Waals surface area contributed by atoms with Crippen molar-refractivity contribution in [3.8, 4) is 22.5 Å². The summed E-state index contributed by atoms with van der Waals surface area (Å²) in [4.78, 5) is 24.8. The van der Waals surface area contributed by atoms with Gasteiger partial charge in [-0.2, -0.15) is 0 Å². The summed E-state index contributed by atoms with van der Waals surface area (Å²) in [7, 11) is 0. The predicted molar refractivity (Wildman–Crippen MR) is 144 cm³/mol. The number of carbonyl (C=O) groups excluding carboxylic acids is 1. The molecule has 0 atom stereocenters. The predicted octanol–water partition coefficient (Wildman–Crippen LogP) is 8.90. The lowest BCUT2D eigenvalue weighted by molar-refractivity contribution is -0.254. The number of fused-ring (bicyclic) bond motifs is 2. The fraction of sp³-hybridized carbons (Fsp3) is 0.0476. The minimum absolute atomic E-state index is 0.0260. The number of hydrogen-bond donors (Lipinski definition) is 0. The summed E-state index contributed by atoms with van der Waals surface area (Å²) < 4.78 is 7.75. The van der Waals surface area contributed by atoms with Crippen LogP contribution in [0.1, 0.15) is 15.9 Å². The first-order valence-corrected chi connectivity index (χ1v) is 13.4. The first-order valence-electron chi connectivity index (χ1n) is 8.69. The number of carboxylic acid groups (broad SMARTS) is 1. The lowest BCUT2D eigenvalue weighted by atomic mass is 9.90. The summed E-state index contributed by atoms with van der Waals surface area (Å²) in [5, 5.41) is 11.9. The molecule has 1 heterocycles. The molecule has 0 N–H and O–H groups in total. The molecule has 0 aromatic heterocycles. The van der Waals surface area contributed by atoms with Crippen LogP contribution < -0.4 is 10.5 Å². The highest BCUT2D eigenvalue weighted by atomic mass is 79.9. The van der Waals surface area contributed by atoms with E-state index in [2.05, 4.69) is 63.7 Å². The monoisotopic (exact) mass is 777 g/mol. The molecule has 0 radical (unpaired) electrons. The van der Waals surface area contributed by atoms with Crippen molar-refractivity contribution in [3.05, 3.63) is 71.5 Å². The number of carboxylic acids is 1. The maximum atomic E-state index is 12.6. The molecule has 0 saturated heterocycles. The normalized spacial score (nSPS) is 11.5. The molecule has 1 aliphatic heterocycles. The number of hydrogen-bond acceptors (Lipinski definition) is 4. The second-order valence-electron chi connectivity index (χ2n) is 6.82. The van der Waals surface area contributed by atoms with Crippen molar-refractivity contribution in [2.75, 3.05) is 0 Å². The Labute approximate surface area is 240 Å². The zero-order valence-electron chi connectivity index (χ0n) is 15.8. The molecular weight excluding hydrogens is 778 g/mol. The zero-order valence-corrected chi connectivity index (χ0v) is 25.2. The van der Waals surface area contributed by atoms with Crippen LogP contribution in [0.25, 0.3) is 33.4 Å². The molecule has 33 heavy (non-hydrogen) atoms. The lowest BCUT2D eigenvalue weighted by Gasteiger charge is -2.23. The van der Waals surface area contributed by atoms with Gasteiger partial charge in [-0.25, -0.2) is 0 Å². The van der Waals surface area contributed by atoms with E-state index in [0.29, 0.717) is 31.0 Å². The summed E-state index contributed by atoms with van der Waals surface area (Å²) in [6.07, 6.45) is 0. The van der Waals surface area contributed by atoms with E-state index < -0.39 is 11.5 Å². The minimum Gasteiger partial charge on any atom is -0.545 e. The summed E-state index contributed by atoms with van der Waals surface area (Å²) in [5.74, 6) is -1.45. The molecule has 2 aromatic carbocycles. The SMILES string of the molecule is Cc1c(Br)cc2c(-c3c(Cl)c(Cl)c(Cl)c(Cl)c3C(=O)[O-])c3cc(Br)c(=O)c(Br)c-3oc2c1Br. The Bertz CT molecular complexity index is 1570. The van der Waals surface area contributed by atoms with Gasteiger partial charge in [-0.15, -0.1) is 0 Å². The van der Waals surface area contributed by atoms with Crippen LogP contribution in [0, 0.1) is 6.92 Å². The van der Waals surface area contributed by atoms with E-state index in [1.54, 1.807) is 6.07 Å². The summed E-state index contributed by atoms with van der Waals surface area (Å²) in [6, 6.07) is 3.25. The van der Waals surface area contributed by atoms with Gasteiger partial charge in [-0.1, -0.05) is 62.3 Å². The van der Waals surface area contributed by atoms with E-state index in [4.69, 9.17) is 50.8 Å². The van der Waals surface area contributed by atoms with Crippen LogP contribution in [-0.2, 0) is 0 Å². The van der Waals surface area contributed by atoms with Crippen molar-refractivity contribution in [1.82, 2.24) is 0 Å². The lowest BCUT2D eigenvalue weighted by Crippen LogP contribution is -2.24. The molecular formula is C21H5Br4Cl4O4-. The van der Waals surface area contributed by atoms with E-state index >= 15 is 0 Å². The third kappa shape index (κ3) is 3.99. The first kappa shape index (κ1) is 25.8. The van der Waals surface area contributed by atoms with E-state index in [1.807, 2.05) is 6.92 Å². The van der Waals surface area contributed by atoms with Gasteiger partial charge in [-0.05, 0) is 72.4 Å². The second-order valence-corrected chi connectivity index (χ2v) is 11.6. The van der Waals surface area contributed by atoms with E-state index in [1.165, 1.54) is 6.07 Å². The molecule has 2 aliphatic rings. The topological polar surface area (TPSA) is 70.3 Å². The minimum atomic E-state index is -1.61. The van der Waals surface area contributed by atoms with Gasteiger partial charge < -0.3 is 14.3 Å². The standard InChI is InChI=1S/C21H6Br4Cl4O4/c1-4-7(22)2-5-9(10-11(21(31)32)15(27)17(29)16(28)14(10)26)6-3-8(23)18(30)13(25)20(6)33-19(5)12(4)24/h2-3H,1H3,(H,31,32)/p-1. The smallest absolute Gasteiger partial charge is 0.210 e. The van der Waals surface area contributed by atoms with Crippen molar-refractivity contribution in [2.45, 2.75) is 6.92 Å². The highest BCUT2D eigenvalue weighted by Crippen LogP contribution is 2.52. The van der Waals surface area contributed by atoms with Gasteiger partial charge in [0.05, 0.1) is 35.0 Å². The fourth-order valence-electron chi connectivity index (χ4n) is 3.42. The molecule has 0 spiro atoms. The van der Waals surface area contributed by atoms with Gasteiger partial charge in [0.2, 0.25) is 5.43 Å². The second kappa shape index (κ2) is 9.28. The summed E-state index contributed by atoms with van der Waals surface area (Å²) in [6.45, 7) is 1.85. The van der Waals surface area contributed by atoms with Crippen molar-refractivity contribution in [2.24, 2.45) is 0 Å². The molecule has 0 bridgehead atoms. The van der Waals surface area contributed by atoms with E-state index in [0.717, 1.165) is 5.56 Å². The average molecular weight is 783 g/mol. The maximum absolute atomic E-state index is 12.6. The van der Waals surface area contributed by atoms with Crippen LogP contribution in [0.15, 0.2) is 39.2 Å². The third-order valence-electron chi connectivity index (χ3n) is 5.00. The third-order valence-corrected chi connectivity index (χ3v) is 9.89. The molecule has 4 nitrogen and oxygen atoms in total. The van der Waals surface area contributed by atoms with Crippen molar-refractivity contribution in [3.63, 3.8) is 0 Å². The largest absolute Gasteiger partial charge is 0.545 e. The summed E-state index contributed by atoms with van der Waals surface area (Å²) >= 11 is 38.9. The van der Waals surface area contributed by atoms with Gasteiger partial charge in [0.1, 0.15) is 10.1 Å². The Kier molecular flexibility index (Phi) is 7.25. The van der Waals surface area contributed by atoms with Crippen LogP contribution in [0.3, 0.4) is 0 Å². The van der Waals surface area contributed by atoms with Gasteiger partial charge in [0, 0.05) is 32.1 Å². The van der Waals surface area contributed by atoms with Crippen molar-refractivity contribution < 1.29 is 14.3 Å². The van der Waals surface area contributed by atoms with Gasteiger partial charge in [0.25, 0.3) is 0 Å². The Morgan fingerprint density at radius 2 is 1.48 bits per heavy atom. The number of halogens is 8. The van der Waals surface area contributed by atoms with Gasteiger partial charge in [-0.3, -0.25) is 4.79 Å². The van der Waals surface area contributed by atoms with Gasteiger partial charge >= 0.3 is 0 Å². The van der Waals surface area contributed by atoms with Gasteiger partial charge in [0.15, 0.2) is 5.76 Å². The highest BCUT2D eigenvalue weighted by molar-refractivity contribution is 9.11. The molecule has 0 amide bonds. The molecule has 12 heteroatoms. The summed E-state index contributed by atoms with van der Waals surface area (Å²) in [5.41, 5.74) is 0.979. The van der Waals surface area contributed by atoms with Crippen LogP contribution in [0.4, 0.5) is 0 Å². The van der Waals surface area contributed by atoms with Crippen LogP contribution in [0.5, 0.6) is 0 Å². The highest BCUT2D eigenvalue weighted by Gasteiger charge is 2.30. The number of rotatable bonds is 2. The zero-order chi connectivity index (χ0) is 24.5. The Balaban J connectivity index is 2.43. The van der Waals surface area contributed by atoms with Crippen LogP contribution >= 0.6 is 110 Å².